The molecule has 0 spiro atoms. The quantitative estimate of drug-likeness (QED) is 0.850. The predicted molar refractivity (Wildman–Crippen MR) is 104 cm³/mol. The lowest BCUT2D eigenvalue weighted by Crippen LogP contribution is -2.62. The number of halogens is 1. The Morgan fingerprint density at radius 2 is 1.81 bits per heavy atom. The molecule has 2 heterocycles. The number of carbonyl (C=O) groups is 2. The molecule has 2 fully saturated rings. The number of amides is 2. The minimum absolute atomic E-state index is 0.0329. The van der Waals surface area contributed by atoms with E-state index in [0.717, 1.165) is 12.8 Å². The third-order valence-corrected chi connectivity index (χ3v) is 5.50. The molecule has 0 aromatic heterocycles. The molecule has 0 unspecified atom stereocenters. The largest absolute Gasteiger partial charge is 0.353 e. The Morgan fingerprint density at radius 1 is 1.19 bits per heavy atom. The Kier molecular flexibility index (Phi) is 5.06. The van der Waals surface area contributed by atoms with Gasteiger partial charge in [-0.2, -0.15) is 0 Å². The summed E-state index contributed by atoms with van der Waals surface area (Å²) in [5.74, 6) is -0.421. The Morgan fingerprint density at radius 3 is 2.42 bits per heavy atom. The number of benzene rings is 1. The van der Waals surface area contributed by atoms with Gasteiger partial charge < -0.3 is 15.5 Å². The van der Waals surface area contributed by atoms with E-state index < -0.39 is 0 Å². The first kappa shape index (κ1) is 19.2. The molecule has 3 rings (SSSR count). The highest BCUT2D eigenvalue weighted by molar-refractivity contribution is 6.33. The van der Waals surface area contributed by atoms with E-state index in [-0.39, 0.29) is 41.3 Å². The summed E-state index contributed by atoms with van der Waals surface area (Å²) >= 11 is 6.21. The van der Waals surface area contributed by atoms with E-state index in [0.29, 0.717) is 17.3 Å². The zero-order chi connectivity index (χ0) is 19.1. The second-order valence-corrected chi connectivity index (χ2v) is 9.27. The summed E-state index contributed by atoms with van der Waals surface area (Å²) < 4.78 is 0. The zero-order valence-electron chi connectivity index (χ0n) is 15.9. The molecule has 2 saturated heterocycles. The van der Waals surface area contributed by atoms with E-state index in [1.165, 1.54) is 0 Å². The molecule has 2 amide bonds. The van der Waals surface area contributed by atoms with Crippen molar-refractivity contribution in [2.24, 2.45) is 5.92 Å². The van der Waals surface area contributed by atoms with Crippen molar-refractivity contribution >= 4 is 29.1 Å². The number of hydrogen-bond acceptors (Lipinski definition) is 3. The van der Waals surface area contributed by atoms with Crippen LogP contribution in [0.5, 0.6) is 0 Å². The van der Waals surface area contributed by atoms with Crippen molar-refractivity contribution < 1.29 is 9.59 Å². The molecule has 1 aromatic rings. The molecule has 0 bridgehead atoms. The van der Waals surface area contributed by atoms with Gasteiger partial charge in [0.15, 0.2) is 0 Å². The number of anilines is 1. The van der Waals surface area contributed by atoms with Crippen LogP contribution in [-0.4, -0.2) is 35.5 Å². The van der Waals surface area contributed by atoms with Crippen LogP contribution in [0.4, 0.5) is 5.69 Å². The molecule has 0 radical (unpaired) electrons. The number of carbonyl (C=O) groups excluding carboxylic acids is 2. The van der Waals surface area contributed by atoms with Gasteiger partial charge in [-0.15, -0.1) is 0 Å². The average Bonchev–Trinajstić information content (AvgIpc) is 2.86. The summed E-state index contributed by atoms with van der Waals surface area (Å²) in [4.78, 5) is 26.8. The fraction of sp³-hybridized carbons (Fsp3) is 0.600. The zero-order valence-corrected chi connectivity index (χ0v) is 16.7. The van der Waals surface area contributed by atoms with Gasteiger partial charge in [-0.3, -0.25) is 9.59 Å². The Labute approximate surface area is 160 Å². The normalized spacial score (nSPS) is 25.3. The first-order valence-electron chi connectivity index (χ1n) is 9.21. The molecule has 5 nitrogen and oxygen atoms in total. The second-order valence-electron chi connectivity index (χ2n) is 8.86. The summed E-state index contributed by atoms with van der Waals surface area (Å²) in [5.41, 5.74) is 0.613. The van der Waals surface area contributed by atoms with Crippen molar-refractivity contribution in [3.63, 3.8) is 0 Å². The van der Waals surface area contributed by atoms with Gasteiger partial charge in [-0.05, 0) is 52.7 Å². The number of rotatable bonds is 3. The standard InChI is InChI=1S/C20H28ClN3O2/c1-19(2)10-14(11-20(3,4)23-19)22-18(26)13-9-17(25)24(12-13)16-8-6-5-7-15(16)21/h5-8,13-14,23H,9-12H2,1-4H3,(H,22,26)/t13-/m0/s1. The van der Waals surface area contributed by atoms with E-state index in [9.17, 15) is 9.59 Å². The summed E-state index contributed by atoms with van der Waals surface area (Å²) in [6.45, 7) is 9.01. The van der Waals surface area contributed by atoms with Crippen molar-refractivity contribution in [1.29, 1.82) is 0 Å². The van der Waals surface area contributed by atoms with Crippen LogP contribution in [0.2, 0.25) is 5.02 Å². The average molecular weight is 378 g/mol. The van der Waals surface area contributed by atoms with Gasteiger partial charge in [-0.1, -0.05) is 23.7 Å². The molecule has 0 aliphatic carbocycles. The molecule has 0 saturated carbocycles. The van der Waals surface area contributed by atoms with Crippen LogP contribution in [0.15, 0.2) is 24.3 Å². The van der Waals surface area contributed by atoms with Crippen LogP contribution < -0.4 is 15.5 Å². The number of para-hydroxylation sites is 1. The van der Waals surface area contributed by atoms with Crippen molar-refractivity contribution in [1.82, 2.24) is 10.6 Å². The van der Waals surface area contributed by atoms with Crippen molar-refractivity contribution in [2.75, 3.05) is 11.4 Å². The molecule has 6 heteroatoms. The van der Waals surface area contributed by atoms with Gasteiger partial charge in [-0.25, -0.2) is 0 Å². The van der Waals surface area contributed by atoms with E-state index in [2.05, 4.69) is 38.3 Å². The lowest BCUT2D eigenvalue weighted by Gasteiger charge is -2.46. The molecule has 1 aromatic carbocycles. The highest BCUT2D eigenvalue weighted by Gasteiger charge is 2.41. The summed E-state index contributed by atoms with van der Waals surface area (Å²) in [7, 11) is 0. The Bertz CT molecular complexity index is 701. The number of nitrogens with one attached hydrogen (secondary N) is 2. The van der Waals surface area contributed by atoms with Crippen LogP contribution in [0, 0.1) is 5.92 Å². The molecule has 2 N–H and O–H groups in total. The lowest BCUT2D eigenvalue weighted by molar-refractivity contribution is -0.127. The maximum absolute atomic E-state index is 12.8. The minimum Gasteiger partial charge on any atom is -0.353 e. The van der Waals surface area contributed by atoms with Gasteiger partial charge in [0, 0.05) is 30.1 Å². The summed E-state index contributed by atoms with van der Waals surface area (Å²) in [6, 6.07) is 7.37. The molecular weight excluding hydrogens is 350 g/mol. The highest BCUT2D eigenvalue weighted by atomic mass is 35.5. The number of piperidine rings is 1. The maximum atomic E-state index is 12.8. The smallest absolute Gasteiger partial charge is 0.227 e. The van der Waals surface area contributed by atoms with Crippen LogP contribution >= 0.6 is 11.6 Å². The van der Waals surface area contributed by atoms with Gasteiger partial charge in [0.1, 0.15) is 0 Å². The van der Waals surface area contributed by atoms with E-state index >= 15 is 0 Å². The van der Waals surface area contributed by atoms with Gasteiger partial charge in [0.25, 0.3) is 0 Å². The highest BCUT2D eigenvalue weighted by Crippen LogP contribution is 2.32. The molecule has 2 aliphatic rings. The first-order valence-corrected chi connectivity index (χ1v) is 9.59. The SMILES string of the molecule is CC1(C)CC(NC(=O)[C@H]2CC(=O)N(c3ccccc3Cl)C2)CC(C)(C)N1. The number of hydrogen-bond donors (Lipinski definition) is 2. The van der Waals surface area contributed by atoms with Crippen LogP contribution in [0.1, 0.15) is 47.0 Å². The first-order chi connectivity index (χ1) is 12.1. The van der Waals surface area contributed by atoms with E-state index in [1.807, 2.05) is 18.2 Å². The third-order valence-electron chi connectivity index (χ3n) is 5.18. The topological polar surface area (TPSA) is 61.4 Å². The molecule has 26 heavy (non-hydrogen) atoms. The second kappa shape index (κ2) is 6.86. The monoisotopic (exact) mass is 377 g/mol. The maximum Gasteiger partial charge on any atom is 0.227 e. The lowest BCUT2D eigenvalue weighted by atomic mass is 9.79. The van der Waals surface area contributed by atoms with Crippen LogP contribution in [0.3, 0.4) is 0 Å². The van der Waals surface area contributed by atoms with Crippen molar-refractivity contribution in [3.8, 4) is 0 Å². The van der Waals surface area contributed by atoms with E-state index in [4.69, 9.17) is 11.6 Å². The molecule has 1 atom stereocenters. The Hall–Kier alpha value is -1.59. The molecular formula is C20H28ClN3O2. The summed E-state index contributed by atoms with van der Waals surface area (Å²) in [6.07, 6.45) is 1.98. The van der Waals surface area contributed by atoms with Gasteiger partial charge in [0.05, 0.1) is 16.6 Å². The van der Waals surface area contributed by atoms with Crippen LogP contribution in [0.25, 0.3) is 0 Å². The molecule has 2 aliphatic heterocycles. The van der Waals surface area contributed by atoms with Gasteiger partial charge >= 0.3 is 0 Å². The summed E-state index contributed by atoms with van der Waals surface area (Å²) in [5, 5.41) is 7.34. The third kappa shape index (κ3) is 4.21. The fourth-order valence-corrected chi connectivity index (χ4v) is 4.77. The van der Waals surface area contributed by atoms with Crippen molar-refractivity contribution in [2.45, 2.75) is 64.1 Å². The minimum atomic E-state index is -0.333. The van der Waals surface area contributed by atoms with Crippen LogP contribution in [-0.2, 0) is 9.59 Å². The van der Waals surface area contributed by atoms with Gasteiger partial charge in [0.2, 0.25) is 11.8 Å². The Balaban J connectivity index is 1.66. The fourth-order valence-electron chi connectivity index (χ4n) is 4.53. The van der Waals surface area contributed by atoms with E-state index in [1.54, 1.807) is 11.0 Å². The predicted octanol–water partition coefficient (Wildman–Crippen LogP) is 3.12. The molecule has 142 valence electrons. The van der Waals surface area contributed by atoms with Crippen molar-refractivity contribution in [3.05, 3.63) is 29.3 Å². The number of nitrogens with zero attached hydrogens (tertiary/aromatic N) is 1.